The summed E-state index contributed by atoms with van der Waals surface area (Å²) in [5.74, 6) is 1.46. The number of rotatable bonds is 11. The second kappa shape index (κ2) is 12.2. The van der Waals surface area contributed by atoms with Crippen molar-refractivity contribution in [2.45, 2.75) is 98.7 Å². The Kier molecular flexibility index (Phi) is 10.1. The van der Waals surface area contributed by atoms with Crippen LogP contribution in [0.25, 0.3) is 0 Å². The molecule has 0 aromatic heterocycles. The fourth-order valence-corrected chi connectivity index (χ4v) is 5.70. The lowest BCUT2D eigenvalue weighted by Gasteiger charge is -2.44. The molecule has 1 aliphatic heterocycles. The van der Waals surface area contributed by atoms with Crippen molar-refractivity contribution in [2.24, 2.45) is 28.3 Å². The molecule has 2 rings (SSSR count). The second-order valence-corrected chi connectivity index (χ2v) is 12.3. The summed E-state index contributed by atoms with van der Waals surface area (Å²) in [6.07, 6.45) is 8.08. The number of hydrogen-bond acceptors (Lipinski definition) is 5. The lowest BCUT2D eigenvalue weighted by Crippen LogP contribution is -2.49. The SMILES string of the molecule is C=NN(/C=C(\C)C(C)C)C(C(=C)N1CC(C)C[C@H]1C(=C)NC1CCCCC1C(=C)NC)C(C)(C)C. The van der Waals surface area contributed by atoms with Gasteiger partial charge in [-0.3, -0.25) is 5.01 Å². The molecule has 2 N–H and O–H groups in total. The summed E-state index contributed by atoms with van der Waals surface area (Å²) in [5, 5.41) is 13.6. The fourth-order valence-electron chi connectivity index (χ4n) is 5.70. The monoisotopic (exact) mass is 483 g/mol. The molecular formula is C30H53N5. The van der Waals surface area contributed by atoms with Gasteiger partial charge in [0.2, 0.25) is 0 Å². The van der Waals surface area contributed by atoms with Gasteiger partial charge in [0.05, 0.1) is 12.1 Å². The summed E-state index contributed by atoms with van der Waals surface area (Å²) in [7, 11) is 1.98. The van der Waals surface area contributed by atoms with Crippen LogP contribution >= 0.6 is 0 Å². The molecule has 0 amide bonds. The van der Waals surface area contributed by atoms with Crippen LogP contribution in [0.3, 0.4) is 0 Å². The first-order valence-electron chi connectivity index (χ1n) is 13.5. The van der Waals surface area contributed by atoms with Gasteiger partial charge in [0, 0.05) is 55.6 Å². The van der Waals surface area contributed by atoms with Crippen LogP contribution in [0.2, 0.25) is 0 Å². The van der Waals surface area contributed by atoms with E-state index in [1.54, 1.807) is 0 Å². The van der Waals surface area contributed by atoms with E-state index in [2.05, 4.69) is 102 Å². The van der Waals surface area contributed by atoms with Crippen LogP contribution in [0.5, 0.6) is 0 Å². The fraction of sp³-hybridized carbons (Fsp3) is 0.700. The Labute approximate surface area is 216 Å². The lowest BCUT2D eigenvalue weighted by atomic mass is 9.82. The van der Waals surface area contributed by atoms with E-state index in [0.717, 1.165) is 36.5 Å². The van der Waals surface area contributed by atoms with Crippen LogP contribution in [0.1, 0.15) is 80.6 Å². The Morgan fingerprint density at radius 2 is 1.74 bits per heavy atom. The zero-order chi connectivity index (χ0) is 26.5. The maximum absolute atomic E-state index is 4.67. The topological polar surface area (TPSA) is 42.9 Å². The normalized spacial score (nSPS) is 26.3. The van der Waals surface area contributed by atoms with Crippen molar-refractivity contribution >= 4 is 6.72 Å². The van der Waals surface area contributed by atoms with E-state index in [1.165, 1.54) is 24.8 Å². The van der Waals surface area contributed by atoms with Crippen molar-refractivity contribution in [3.63, 3.8) is 0 Å². The molecule has 1 saturated heterocycles. The van der Waals surface area contributed by atoms with E-state index in [-0.39, 0.29) is 17.5 Å². The van der Waals surface area contributed by atoms with Crippen LogP contribution in [-0.4, -0.2) is 48.3 Å². The van der Waals surface area contributed by atoms with Crippen molar-refractivity contribution < 1.29 is 0 Å². The zero-order valence-electron chi connectivity index (χ0n) is 24.0. The number of likely N-dealkylation sites (tertiary alicyclic amines) is 1. The van der Waals surface area contributed by atoms with E-state index in [4.69, 9.17) is 0 Å². The summed E-state index contributed by atoms with van der Waals surface area (Å²) >= 11 is 0. The van der Waals surface area contributed by atoms with E-state index in [0.29, 0.717) is 23.8 Å². The van der Waals surface area contributed by atoms with Crippen LogP contribution in [0, 0.1) is 23.2 Å². The largest absolute Gasteiger partial charge is 0.392 e. The van der Waals surface area contributed by atoms with Gasteiger partial charge in [-0.1, -0.05) is 79.7 Å². The Balaban J connectivity index is 2.31. The first-order valence-corrected chi connectivity index (χ1v) is 13.5. The standard InChI is InChI=1S/C30H53N5/c1-20(2)22(4)19-35(32-12)29(30(8,9)10)25(7)34-18-21(3)17-28(34)24(6)33-27-16-14-13-15-26(27)23(5)31-11/h19-21,26-29,31,33H,5-7,12-18H2,1-4,8-11H3/b22-19+/t21?,26?,27?,28-,29?/m0/s1. The van der Waals surface area contributed by atoms with Crippen LogP contribution in [-0.2, 0) is 0 Å². The minimum absolute atomic E-state index is 0.000739. The maximum Gasteiger partial charge on any atom is 0.0957 e. The Hall–Kier alpha value is -2.17. The van der Waals surface area contributed by atoms with Crippen molar-refractivity contribution in [2.75, 3.05) is 13.6 Å². The third-order valence-corrected chi connectivity index (χ3v) is 8.00. The number of hydrogen-bond donors (Lipinski definition) is 2. The Morgan fingerprint density at radius 1 is 1.11 bits per heavy atom. The van der Waals surface area contributed by atoms with Crippen molar-refractivity contribution in [1.29, 1.82) is 0 Å². The van der Waals surface area contributed by atoms with Gasteiger partial charge in [0.15, 0.2) is 0 Å². The average molecular weight is 484 g/mol. The number of nitrogens with zero attached hydrogens (tertiary/aromatic N) is 3. The van der Waals surface area contributed by atoms with Gasteiger partial charge in [-0.15, -0.1) is 0 Å². The number of nitrogens with one attached hydrogen (secondary N) is 2. The summed E-state index contributed by atoms with van der Waals surface area (Å²) < 4.78 is 0. The molecule has 0 radical (unpaired) electrons. The van der Waals surface area contributed by atoms with Gasteiger partial charge in [-0.2, -0.15) is 5.10 Å². The quantitative estimate of drug-likeness (QED) is 0.260. The predicted molar refractivity (Wildman–Crippen MR) is 153 cm³/mol. The summed E-state index contributed by atoms with van der Waals surface area (Å²) in [4.78, 5) is 2.48. The van der Waals surface area contributed by atoms with E-state index >= 15 is 0 Å². The molecule has 0 aromatic rings. The molecule has 0 bridgehead atoms. The summed E-state index contributed by atoms with van der Waals surface area (Å²) in [6.45, 7) is 34.1. The molecule has 198 valence electrons. The molecule has 2 aliphatic rings. The Morgan fingerprint density at radius 3 is 2.29 bits per heavy atom. The first-order chi connectivity index (χ1) is 16.3. The van der Waals surface area contributed by atoms with Crippen LogP contribution < -0.4 is 10.6 Å². The zero-order valence-corrected chi connectivity index (χ0v) is 24.0. The highest BCUT2D eigenvalue weighted by molar-refractivity contribution is 5.26. The highest BCUT2D eigenvalue weighted by Crippen LogP contribution is 2.38. The third-order valence-electron chi connectivity index (χ3n) is 8.00. The molecule has 0 spiro atoms. The van der Waals surface area contributed by atoms with Crippen molar-refractivity contribution in [1.82, 2.24) is 20.5 Å². The maximum atomic E-state index is 4.67. The smallest absolute Gasteiger partial charge is 0.0957 e. The predicted octanol–water partition coefficient (Wildman–Crippen LogP) is 6.50. The minimum atomic E-state index is -0.0732. The molecule has 1 aliphatic carbocycles. The molecule has 4 unspecified atom stereocenters. The van der Waals surface area contributed by atoms with Crippen LogP contribution in [0.4, 0.5) is 0 Å². The van der Waals surface area contributed by atoms with E-state index in [9.17, 15) is 0 Å². The summed E-state index contributed by atoms with van der Waals surface area (Å²) in [6, 6.07) is 0.596. The average Bonchev–Trinajstić information content (AvgIpc) is 3.19. The molecule has 5 atom stereocenters. The van der Waals surface area contributed by atoms with Gasteiger partial charge >= 0.3 is 0 Å². The first kappa shape index (κ1) is 29.1. The van der Waals surface area contributed by atoms with E-state index < -0.39 is 0 Å². The van der Waals surface area contributed by atoms with E-state index in [1.807, 2.05) is 12.1 Å². The molecule has 2 fully saturated rings. The van der Waals surface area contributed by atoms with Gasteiger partial charge in [-0.05, 0) is 43.4 Å². The van der Waals surface area contributed by atoms with Crippen molar-refractivity contribution in [3.05, 3.63) is 48.6 Å². The van der Waals surface area contributed by atoms with Crippen LogP contribution in [0.15, 0.2) is 53.7 Å². The van der Waals surface area contributed by atoms with Gasteiger partial charge in [0.25, 0.3) is 0 Å². The molecular weight excluding hydrogens is 430 g/mol. The van der Waals surface area contributed by atoms with Gasteiger partial charge in [-0.25, -0.2) is 0 Å². The minimum Gasteiger partial charge on any atom is -0.392 e. The third kappa shape index (κ3) is 7.17. The summed E-state index contributed by atoms with van der Waals surface area (Å²) in [5.41, 5.74) is 4.54. The van der Waals surface area contributed by atoms with Crippen molar-refractivity contribution in [3.8, 4) is 0 Å². The Bertz CT molecular complexity index is 802. The molecule has 1 heterocycles. The number of hydrazone groups is 1. The molecule has 5 heteroatoms. The van der Waals surface area contributed by atoms with Gasteiger partial charge in [0.1, 0.15) is 0 Å². The lowest BCUT2D eigenvalue weighted by molar-refractivity contribution is 0.139. The molecule has 5 nitrogen and oxygen atoms in total. The van der Waals surface area contributed by atoms with Gasteiger partial charge < -0.3 is 15.5 Å². The molecule has 35 heavy (non-hydrogen) atoms. The molecule has 1 saturated carbocycles. The second-order valence-electron chi connectivity index (χ2n) is 12.3. The molecule has 0 aromatic carbocycles. The number of allylic oxidation sites excluding steroid dienone is 1. The highest BCUT2D eigenvalue weighted by atomic mass is 15.5. The highest BCUT2D eigenvalue weighted by Gasteiger charge is 2.41.